The first-order valence-corrected chi connectivity index (χ1v) is 6.14. The van der Waals surface area contributed by atoms with Crippen LogP contribution in [0.3, 0.4) is 0 Å². The maximum Gasteiger partial charge on any atom is 0.222 e. The topological polar surface area (TPSA) is 46.3 Å². The Hall–Kier alpha value is -0.570. The molecule has 0 radical (unpaired) electrons. The number of nitrogens with two attached hydrogens (primary N) is 1. The van der Waals surface area contributed by atoms with E-state index in [2.05, 4.69) is 27.7 Å². The van der Waals surface area contributed by atoms with Crippen molar-refractivity contribution in [1.82, 2.24) is 4.90 Å². The van der Waals surface area contributed by atoms with Gasteiger partial charge >= 0.3 is 0 Å². The van der Waals surface area contributed by atoms with Crippen molar-refractivity contribution in [3.8, 4) is 0 Å². The Kier molecular flexibility index (Phi) is 6.01. The molecule has 0 aliphatic carbocycles. The summed E-state index contributed by atoms with van der Waals surface area (Å²) < 4.78 is 0. The maximum atomic E-state index is 11.9. The van der Waals surface area contributed by atoms with Crippen molar-refractivity contribution in [2.45, 2.75) is 53.5 Å². The minimum absolute atomic E-state index is 0.162. The van der Waals surface area contributed by atoms with Crippen LogP contribution in [0.1, 0.15) is 47.5 Å². The van der Waals surface area contributed by atoms with Gasteiger partial charge in [0.25, 0.3) is 0 Å². The van der Waals surface area contributed by atoms with Gasteiger partial charge in [-0.1, -0.05) is 27.7 Å². The predicted molar refractivity (Wildman–Crippen MR) is 69.1 cm³/mol. The molecule has 0 aliphatic rings. The van der Waals surface area contributed by atoms with Crippen molar-refractivity contribution >= 4 is 5.91 Å². The molecule has 0 fully saturated rings. The number of rotatable bonds is 5. The fourth-order valence-electron chi connectivity index (χ4n) is 1.25. The predicted octanol–water partition coefficient (Wildman–Crippen LogP) is 2.25. The molecule has 0 aliphatic heterocycles. The highest BCUT2D eigenvalue weighted by Gasteiger charge is 2.23. The summed E-state index contributed by atoms with van der Waals surface area (Å²) in [6.07, 6.45) is 1.49. The van der Waals surface area contributed by atoms with E-state index in [0.717, 1.165) is 13.0 Å². The van der Waals surface area contributed by atoms with Gasteiger partial charge in [-0.05, 0) is 24.7 Å². The maximum absolute atomic E-state index is 11.9. The zero-order valence-corrected chi connectivity index (χ0v) is 11.7. The fraction of sp³-hybridized carbons (Fsp3) is 0.923. The number of nitrogens with zero attached hydrogens (tertiary/aromatic N) is 1. The number of hydrogen-bond acceptors (Lipinski definition) is 2. The normalized spacial score (nSPS) is 15.7. The Morgan fingerprint density at radius 1 is 1.31 bits per heavy atom. The van der Waals surface area contributed by atoms with Gasteiger partial charge in [-0.2, -0.15) is 0 Å². The van der Waals surface area contributed by atoms with Crippen LogP contribution >= 0.6 is 0 Å². The van der Waals surface area contributed by atoms with Crippen LogP contribution in [0, 0.1) is 11.3 Å². The molecular formula is C13H28N2O. The van der Waals surface area contributed by atoms with Gasteiger partial charge in [-0.3, -0.25) is 4.79 Å². The first-order chi connectivity index (χ1) is 7.14. The molecule has 2 N–H and O–H groups in total. The summed E-state index contributed by atoms with van der Waals surface area (Å²) in [6.45, 7) is 11.4. The standard InChI is InChI=1S/C13H28N2O/c1-10(13(3,4)5)9-12(16)15(6)8-7-11(2)14/h10-11H,7-9,14H2,1-6H3. The molecule has 0 heterocycles. The van der Waals surface area contributed by atoms with Crippen molar-refractivity contribution in [2.75, 3.05) is 13.6 Å². The van der Waals surface area contributed by atoms with Crippen LogP contribution in [0.2, 0.25) is 0 Å². The van der Waals surface area contributed by atoms with Crippen LogP contribution in [0.5, 0.6) is 0 Å². The lowest BCUT2D eigenvalue weighted by molar-refractivity contribution is -0.131. The van der Waals surface area contributed by atoms with Crippen LogP contribution in [-0.4, -0.2) is 30.4 Å². The average molecular weight is 228 g/mol. The lowest BCUT2D eigenvalue weighted by atomic mass is 9.80. The van der Waals surface area contributed by atoms with Crippen molar-refractivity contribution in [2.24, 2.45) is 17.1 Å². The van der Waals surface area contributed by atoms with E-state index >= 15 is 0 Å². The molecule has 3 heteroatoms. The summed E-state index contributed by atoms with van der Waals surface area (Å²) in [7, 11) is 1.86. The molecule has 0 aromatic rings. The van der Waals surface area contributed by atoms with Gasteiger partial charge in [-0.25, -0.2) is 0 Å². The van der Waals surface area contributed by atoms with Crippen molar-refractivity contribution in [3.05, 3.63) is 0 Å². The SMILES string of the molecule is CC(N)CCN(C)C(=O)CC(C)C(C)(C)C. The van der Waals surface area contributed by atoms with E-state index in [9.17, 15) is 4.79 Å². The van der Waals surface area contributed by atoms with Crippen molar-refractivity contribution in [1.29, 1.82) is 0 Å². The Bertz CT molecular complexity index is 218. The third-order valence-corrected chi connectivity index (χ3v) is 3.30. The molecule has 3 nitrogen and oxygen atoms in total. The molecule has 96 valence electrons. The second kappa shape index (κ2) is 6.24. The lowest BCUT2D eigenvalue weighted by Gasteiger charge is -2.28. The van der Waals surface area contributed by atoms with Gasteiger partial charge < -0.3 is 10.6 Å². The van der Waals surface area contributed by atoms with Crippen molar-refractivity contribution in [3.63, 3.8) is 0 Å². The molecule has 0 spiro atoms. The molecule has 0 bridgehead atoms. The van der Waals surface area contributed by atoms with Crippen molar-refractivity contribution < 1.29 is 4.79 Å². The highest BCUT2D eigenvalue weighted by Crippen LogP contribution is 2.28. The smallest absolute Gasteiger partial charge is 0.222 e. The third kappa shape index (κ3) is 6.11. The monoisotopic (exact) mass is 228 g/mol. The summed E-state index contributed by atoms with van der Waals surface area (Å²) in [5.74, 6) is 0.626. The molecule has 2 unspecified atom stereocenters. The summed E-state index contributed by atoms with van der Waals surface area (Å²) >= 11 is 0. The average Bonchev–Trinajstić information content (AvgIpc) is 2.12. The van der Waals surface area contributed by atoms with E-state index in [4.69, 9.17) is 5.73 Å². The highest BCUT2D eigenvalue weighted by molar-refractivity contribution is 5.76. The molecule has 2 atom stereocenters. The first kappa shape index (κ1) is 15.4. The minimum Gasteiger partial charge on any atom is -0.346 e. The van der Waals surface area contributed by atoms with Gasteiger partial charge in [-0.15, -0.1) is 0 Å². The molecular weight excluding hydrogens is 200 g/mol. The molecule has 0 aromatic heterocycles. The Balaban J connectivity index is 4.06. The summed E-state index contributed by atoms with van der Waals surface area (Å²) in [5.41, 5.74) is 5.87. The molecule has 1 amide bonds. The van der Waals surface area contributed by atoms with Crippen LogP contribution in [0.4, 0.5) is 0 Å². The van der Waals surface area contributed by atoms with E-state index in [-0.39, 0.29) is 17.4 Å². The summed E-state index contributed by atoms with van der Waals surface area (Å²) in [5, 5.41) is 0. The third-order valence-electron chi connectivity index (χ3n) is 3.30. The van der Waals surface area contributed by atoms with E-state index in [1.807, 2.05) is 14.0 Å². The van der Waals surface area contributed by atoms with Crippen LogP contribution in [-0.2, 0) is 4.79 Å². The van der Waals surface area contributed by atoms with E-state index in [0.29, 0.717) is 12.3 Å². The lowest BCUT2D eigenvalue weighted by Crippen LogP contribution is -2.33. The zero-order valence-electron chi connectivity index (χ0n) is 11.7. The number of carbonyl (C=O) groups is 1. The van der Waals surface area contributed by atoms with E-state index in [1.165, 1.54) is 0 Å². The molecule has 0 saturated carbocycles. The van der Waals surface area contributed by atoms with E-state index < -0.39 is 0 Å². The molecule has 0 rings (SSSR count). The van der Waals surface area contributed by atoms with Crippen LogP contribution in [0.15, 0.2) is 0 Å². The highest BCUT2D eigenvalue weighted by atomic mass is 16.2. The fourth-order valence-corrected chi connectivity index (χ4v) is 1.25. The van der Waals surface area contributed by atoms with Gasteiger partial charge in [0, 0.05) is 26.1 Å². The van der Waals surface area contributed by atoms with Gasteiger partial charge in [0.05, 0.1) is 0 Å². The van der Waals surface area contributed by atoms with E-state index in [1.54, 1.807) is 4.90 Å². The van der Waals surface area contributed by atoms with Crippen LogP contribution < -0.4 is 5.73 Å². The molecule has 0 saturated heterocycles. The molecule has 0 aromatic carbocycles. The second-order valence-corrected chi connectivity index (χ2v) is 6.05. The number of carbonyl (C=O) groups excluding carboxylic acids is 1. The Morgan fingerprint density at radius 2 is 1.81 bits per heavy atom. The quantitative estimate of drug-likeness (QED) is 0.784. The zero-order chi connectivity index (χ0) is 12.9. The van der Waals surface area contributed by atoms with Gasteiger partial charge in [0.15, 0.2) is 0 Å². The number of amides is 1. The van der Waals surface area contributed by atoms with Crippen LogP contribution in [0.25, 0.3) is 0 Å². The number of hydrogen-bond donors (Lipinski definition) is 1. The second-order valence-electron chi connectivity index (χ2n) is 6.05. The summed E-state index contributed by atoms with van der Waals surface area (Å²) in [4.78, 5) is 13.7. The Morgan fingerprint density at radius 3 is 2.19 bits per heavy atom. The Labute approximate surface area is 100 Å². The van der Waals surface area contributed by atoms with Gasteiger partial charge in [0.2, 0.25) is 5.91 Å². The first-order valence-electron chi connectivity index (χ1n) is 6.14. The minimum atomic E-state index is 0.162. The molecule has 16 heavy (non-hydrogen) atoms. The summed E-state index contributed by atoms with van der Waals surface area (Å²) in [6, 6.07) is 0.162. The van der Waals surface area contributed by atoms with Gasteiger partial charge in [0.1, 0.15) is 0 Å². The largest absolute Gasteiger partial charge is 0.346 e.